The molecule has 0 bridgehead atoms. The third-order valence-electron chi connectivity index (χ3n) is 7.27. The summed E-state index contributed by atoms with van der Waals surface area (Å²) in [4.78, 5) is 0. The SMILES string of the molecule is C=C(C#N)CCn1c2ccccc2c2cc(C)ccc21.C=C(C)CCn1c2ccc(F)cc2c2cc(Br)ccc21.CC. The average Bonchev–Trinajstić information content (AvgIpc) is 3.47. The summed E-state index contributed by atoms with van der Waals surface area (Å²) in [7, 11) is 0. The highest BCUT2D eigenvalue weighted by Gasteiger charge is 2.12. The smallest absolute Gasteiger partial charge is 0.123 e. The highest BCUT2D eigenvalue weighted by Crippen LogP contribution is 2.32. The molecule has 0 aliphatic carbocycles. The topological polar surface area (TPSA) is 33.6 Å². The summed E-state index contributed by atoms with van der Waals surface area (Å²) in [6.07, 6.45) is 1.62. The van der Waals surface area contributed by atoms with Crippen molar-refractivity contribution in [3.05, 3.63) is 119 Å². The van der Waals surface area contributed by atoms with Gasteiger partial charge in [-0.3, -0.25) is 0 Å². The zero-order chi connectivity index (χ0) is 30.4. The third kappa shape index (κ3) is 6.50. The van der Waals surface area contributed by atoms with Crippen molar-refractivity contribution >= 4 is 59.5 Å². The fraction of sp³-hybridized carbons (Fsp3) is 0.216. The van der Waals surface area contributed by atoms with Crippen LogP contribution in [0, 0.1) is 24.1 Å². The summed E-state index contributed by atoms with van der Waals surface area (Å²) in [5.41, 5.74) is 7.70. The molecule has 2 heterocycles. The molecule has 0 unspecified atom stereocenters. The molecule has 2 aromatic heterocycles. The van der Waals surface area contributed by atoms with Crippen LogP contribution in [0.25, 0.3) is 43.6 Å². The number of halogens is 2. The normalized spacial score (nSPS) is 10.7. The van der Waals surface area contributed by atoms with E-state index in [1.54, 1.807) is 6.07 Å². The largest absolute Gasteiger partial charge is 0.340 e. The Kier molecular flexibility index (Phi) is 10.0. The van der Waals surface area contributed by atoms with E-state index in [4.69, 9.17) is 5.26 Å². The number of fused-ring (bicyclic) bond motifs is 6. The molecule has 5 heteroatoms. The minimum Gasteiger partial charge on any atom is -0.340 e. The van der Waals surface area contributed by atoms with Crippen LogP contribution in [0.5, 0.6) is 0 Å². The Morgan fingerprint density at radius 3 is 1.98 bits per heavy atom. The first-order valence-corrected chi connectivity index (χ1v) is 15.1. The molecular formula is C37H37BrFN3. The Morgan fingerprint density at radius 1 is 0.762 bits per heavy atom. The van der Waals surface area contributed by atoms with Crippen LogP contribution in [0.2, 0.25) is 0 Å². The first-order valence-electron chi connectivity index (χ1n) is 14.3. The molecule has 0 fully saturated rings. The number of aromatic nitrogens is 2. The standard InChI is InChI=1S/C18H16N2.C17H15BrFN.C2H6/c1-13-7-8-18-16(11-13)15-5-3-4-6-17(15)20(18)10-9-14(2)12-19;1-11(2)7-8-20-16-5-3-12(18)9-14(16)15-10-13(19)4-6-17(15)20;1-2/h3-8,11H,2,9-10H2,1H3;3-6,9-10H,1,7-8H2,2H3;1-2H3. The van der Waals surface area contributed by atoms with Gasteiger partial charge >= 0.3 is 0 Å². The van der Waals surface area contributed by atoms with Gasteiger partial charge in [0, 0.05) is 66.7 Å². The second-order valence-corrected chi connectivity index (χ2v) is 11.3. The van der Waals surface area contributed by atoms with Crippen molar-refractivity contribution in [2.45, 2.75) is 53.6 Å². The van der Waals surface area contributed by atoms with Crippen molar-refractivity contribution in [3.8, 4) is 6.07 Å². The van der Waals surface area contributed by atoms with Gasteiger partial charge in [-0.15, -0.1) is 6.58 Å². The molecular weight excluding hydrogens is 585 g/mol. The van der Waals surface area contributed by atoms with Gasteiger partial charge in [0.1, 0.15) is 5.82 Å². The number of nitrogens with zero attached hydrogens (tertiary/aromatic N) is 3. The first kappa shape index (κ1) is 30.8. The molecule has 6 rings (SSSR count). The van der Waals surface area contributed by atoms with E-state index in [9.17, 15) is 4.39 Å². The maximum absolute atomic E-state index is 13.6. The van der Waals surface area contributed by atoms with E-state index in [0.29, 0.717) is 12.0 Å². The van der Waals surface area contributed by atoms with Crippen molar-refractivity contribution in [1.29, 1.82) is 5.26 Å². The van der Waals surface area contributed by atoms with Crippen LogP contribution in [-0.4, -0.2) is 9.13 Å². The summed E-state index contributed by atoms with van der Waals surface area (Å²) >= 11 is 3.49. The third-order valence-corrected chi connectivity index (χ3v) is 7.77. The molecule has 4 aromatic carbocycles. The molecule has 214 valence electrons. The summed E-state index contributed by atoms with van der Waals surface area (Å²) in [6, 6.07) is 28.2. The van der Waals surface area contributed by atoms with Gasteiger partial charge in [0.2, 0.25) is 0 Å². The van der Waals surface area contributed by atoms with Gasteiger partial charge in [0.15, 0.2) is 0 Å². The Morgan fingerprint density at radius 2 is 1.31 bits per heavy atom. The van der Waals surface area contributed by atoms with Gasteiger partial charge < -0.3 is 9.13 Å². The Labute approximate surface area is 256 Å². The van der Waals surface area contributed by atoms with Gasteiger partial charge in [0.05, 0.1) is 6.07 Å². The lowest BCUT2D eigenvalue weighted by atomic mass is 10.1. The average molecular weight is 623 g/mol. The lowest BCUT2D eigenvalue weighted by Crippen LogP contribution is -1.98. The van der Waals surface area contributed by atoms with E-state index in [1.165, 1.54) is 33.4 Å². The van der Waals surface area contributed by atoms with Crippen LogP contribution in [0.3, 0.4) is 0 Å². The second kappa shape index (κ2) is 13.7. The van der Waals surface area contributed by atoms with Gasteiger partial charge in [-0.25, -0.2) is 4.39 Å². The fourth-order valence-corrected chi connectivity index (χ4v) is 5.66. The zero-order valence-corrected chi connectivity index (χ0v) is 26.4. The van der Waals surface area contributed by atoms with Crippen LogP contribution >= 0.6 is 15.9 Å². The lowest BCUT2D eigenvalue weighted by molar-refractivity contribution is 0.629. The number of benzene rings is 4. The van der Waals surface area contributed by atoms with Crippen molar-refractivity contribution < 1.29 is 4.39 Å². The molecule has 6 aromatic rings. The molecule has 0 saturated carbocycles. The molecule has 0 atom stereocenters. The minimum absolute atomic E-state index is 0.198. The fourth-order valence-electron chi connectivity index (χ4n) is 5.30. The molecule has 0 saturated heterocycles. The van der Waals surface area contributed by atoms with Crippen molar-refractivity contribution in [1.82, 2.24) is 9.13 Å². The Bertz CT molecular complexity index is 1890. The van der Waals surface area contributed by atoms with E-state index in [1.807, 2.05) is 39.0 Å². The van der Waals surface area contributed by atoms with E-state index in [0.717, 1.165) is 51.4 Å². The van der Waals surface area contributed by atoms with Crippen LogP contribution in [-0.2, 0) is 13.1 Å². The number of nitriles is 1. The zero-order valence-electron chi connectivity index (χ0n) is 24.8. The quantitative estimate of drug-likeness (QED) is 0.134. The number of aryl methyl sites for hydroxylation is 3. The summed E-state index contributed by atoms with van der Waals surface area (Å²) in [5, 5.41) is 13.5. The van der Waals surface area contributed by atoms with Crippen molar-refractivity contribution in [2.24, 2.45) is 0 Å². The minimum atomic E-state index is -0.198. The number of para-hydroxylation sites is 1. The number of rotatable bonds is 6. The molecule has 0 radical (unpaired) electrons. The van der Waals surface area contributed by atoms with Crippen molar-refractivity contribution in [3.63, 3.8) is 0 Å². The highest BCUT2D eigenvalue weighted by molar-refractivity contribution is 9.10. The molecule has 0 aliphatic rings. The second-order valence-electron chi connectivity index (χ2n) is 10.3. The van der Waals surface area contributed by atoms with Crippen LogP contribution in [0.4, 0.5) is 4.39 Å². The van der Waals surface area contributed by atoms with E-state index >= 15 is 0 Å². The van der Waals surface area contributed by atoms with Crippen LogP contribution < -0.4 is 0 Å². The highest BCUT2D eigenvalue weighted by atomic mass is 79.9. The van der Waals surface area contributed by atoms with Crippen LogP contribution in [0.1, 0.15) is 39.2 Å². The number of hydrogen-bond acceptors (Lipinski definition) is 1. The van der Waals surface area contributed by atoms with Gasteiger partial charge in [-0.2, -0.15) is 5.26 Å². The van der Waals surface area contributed by atoms with Crippen LogP contribution in [0.15, 0.2) is 108 Å². The summed E-state index contributed by atoms with van der Waals surface area (Å²) in [5.74, 6) is -0.198. The van der Waals surface area contributed by atoms with E-state index in [2.05, 4.69) is 99.7 Å². The first-order chi connectivity index (χ1) is 20.3. The molecule has 42 heavy (non-hydrogen) atoms. The Balaban J connectivity index is 0.000000182. The van der Waals surface area contributed by atoms with E-state index < -0.39 is 0 Å². The summed E-state index contributed by atoms with van der Waals surface area (Å²) in [6.45, 7) is 17.5. The monoisotopic (exact) mass is 621 g/mol. The molecule has 0 spiro atoms. The van der Waals surface area contributed by atoms with Crippen molar-refractivity contribution in [2.75, 3.05) is 0 Å². The Hall–Kier alpha value is -4.14. The number of hydrogen-bond donors (Lipinski definition) is 0. The predicted molar refractivity (Wildman–Crippen MR) is 181 cm³/mol. The van der Waals surface area contributed by atoms with Gasteiger partial charge in [-0.05, 0) is 81.3 Å². The van der Waals surface area contributed by atoms with E-state index in [-0.39, 0.29) is 5.82 Å². The van der Waals surface area contributed by atoms with Gasteiger partial charge in [0.25, 0.3) is 0 Å². The number of allylic oxidation sites excluding steroid dienone is 2. The predicted octanol–water partition coefficient (Wildman–Crippen LogP) is 11.3. The molecule has 0 aliphatic heterocycles. The lowest BCUT2D eigenvalue weighted by Gasteiger charge is -2.07. The molecule has 0 amide bonds. The molecule has 0 N–H and O–H groups in total. The molecule has 3 nitrogen and oxygen atoms in total. The maximum Gasteiger partial charge on any atom is 0.123 e. The van der Waals surface area contributed by atoms with Gasteiger partial charge in [-0.1, -0.05) is 71.8 Å². The summed E-state index contributed by atoms with van der Waals surface area (Å²) < 4.78 is 19.1. The maximum atomic E-state index is 13.6.